The zero-order chi connectivity index (χ0) is 13.3. The highest BCUT2D eigenvalue weighted by molar-refractivity contribution is 9.10. The van der Waals surface area contributed by atoms with Crippen LogP contribution >= 0.6 is 15.9 Å². The maximum atomic E-state index is 13.7. The standard InChI is InChI=1S/C12H12BrF2NO2/c1-18-11(17)7-2-3-9(13)8(6-7)10-12(14,15)4-5-16-10/h2-3,6,10,16H,4-5H2,1H3/t10-/m0/s1. The Balaban J connectivity index is 2.41. The number of esters is 1. The molecule has 0 aromatic heterocycles. The molecule has 2 rings (SSSR count). The smallest absolute Gasteiger partial charge is 0.337 e. The average Bonchev–Trinajstić information content (AvgIpc) is 2.68. The van der Waals surface area contributed by atoms with Crippen molar-refractivity contribution in [3.63, 3.8) is 0 Å². The van der Waals surface area contributed by atoms with E-state index in [1.807, 2.05) is 0 Å². The van der Waals surface area contributed by atoms with Crippen LogP contribution in [0.1, 0.15) is 28.4 Å². The van der Waals surface area contributed by atoms with Gasteiger partial charge >= 0.3 is 5.97 Å². The van der Waals surface area contributed by atoms with Gasteiger partial charge in [-0.2, -0.15) is 0 Å². The molecule has 1 saturated heterocycles. The molecule has 0 spiro atoms. The van der Waals surface area contributed by atoms with Crippen molar-refractivity contribution in [3.8, 4) is 0 Å². The van der Waals surface area contributed by atoms with E-state index in [-0.39, 0.29) is 18.5 Å². The number of rotatable bonds is 2. The molecule has 18 heavy (non-hydrogen) atoms. The minimum Gasteiger partial charge on any atom is -0.465 e. The van der Waals surface area contributed by atoms with Crippen LogP contribution in [0.25, 0.3) is 0 Å². The number of carbonyl (C=O) groups is 1. The summed E-state index contributed by atoms with van der Waals surface area (Å²) in [6, 6.07) is 3.48. The summed E-state index contributed by atoms with van der Waals surface area (Å²) in [5.41, 5.74) is 0.639. The van der Waals surface area contributed by atoms with Crippen LogP contribution in [0.15, 0.2) is 22.7 Å². The molecular formula is C12H12BrF2NO2. The van der Waals surface area contributed by atoms with E-state index in [1.54, 1.807) is 6.07 Å². The van der Waals surface area contributed by atoms with E-state index in [1.165, 1.54) is 19.2 Å². The maximum Gasteiger partial charge on any atom is 0.337 e. The Hall–Kier alpha value is -1.01. The van der Waals surface area contributed by atoms with Gasteiger partial charge < -0.3 is 10.1 Å². The normalized spacial score (nSPS) is 21.9. The van der Waals surface area contributed by atoms with Crippen LogP contribution < -0.4 is 5.32 Å². The summed E-state index contributed by atoms with van der Waals surface area (Å²) in [4.78, 5) is 11.4. The Morgan fingerprint density at radius 1 is 1.56 bits per heavy atom. The van der Waals surface area contributed by atoms with E-state index in [2.05, 4.69) is 26.0 Å². The molecule has 0 unspecified atom stereocenters. The second-order valence-electron chi connectivity index (χ2n) is 4.13. The van der Waals surface area contributed by atoms with E-state index in [0.717, 1.165) is 0 Å². The van der Waals surface area contributed by atoms with E-state index in [9.17, 15) is 13.6 Å². The molecule has 98 valence electrons. The molecule has 1 aliphatic heterocycles. The van der Waals surface area contributed by atoms with Crippen LogP contribution in [0, 0.1) is 0 Å². The molecule has 1 fully saturated rings. The van der Waals surface area contributed by atoms with E-state index >= 15 is 0 Å². The number of alkyl halides is 2. The second kappa shape index (κ2) is 4.93. The van der Waals surface area contributed by atoms with Crippen molar-refractivity contribution < 1.29 is 18.3 Å². The highest BCUT2D eigenvalue weighted by atomic mass is 79.9. The molecule has 1 aliphatic rings. The first-order valence-electron chi connectivity index (χ1n) is 5.44. The Morgan fingerprint density at radius 3 is 2.83 bits per heavy atom. The number of halogens is 3. The van der Waals surface area contributed by atoms with Gasteiger partial charge in [0.05, 0.1) is 18.7 Å². The molecule has 1 N–H and O–H groups in total. The summed E-state index contributed by atoms with van der Waals surface area (Å²) in [6.07, 6.45) is -0.202. The van der Waals surface area contributed by atoms with Gasteiger partial charge in [0.1, 0.15) is 0 Å². The zero-order valence-corrected chi connectivity index (χ0v) is 11.3. The third kappa shape index (κ3) is 2.40. The van der Waals surface area contributed by atoms with E-state index in [0.29, 0.717) is 10.0 Å². The predicted molar refractivity (Wildman–Crippen MR) is 65.8 cm³/mol. The third-order valence-corrected chi connectivity index (χ3v) is 3.68. The molecule has 6 heteroatoms. The fraction of sp³-hybridized carbons (Fsp3) is 0.417. The number of nitrogens with one attached hydrogen (secondary N) is 1. The summed E-state index contributed by atoms with van der Waals surface area (Å²) in [6.45, 7) is 0.257. The highest BCUT2D eigenvalue weighted by Gasteiger charge is 2.45. The summed E-state index contributed by atoms with van der Waals surface area (Å²) < 4.78 is 32.5. The minimum absolute atomic E-state index is 0.202. The number of hydrogen-bond acceptors (Lipinski definition) is 3. The van der Waals surface area contributed by atoms with Gasteiger partial charge in [-0.05, 0) is 23.8 Å². The molecule has 3 nitrogen and oxygen atoms in total. The van der Waals surface area contributed by atoms with Gasteiger partial charge in [0.25, 0.3) is 5.92 Å². The molecule has 1 aromatic carbocycles. The van der Waals surface area contributed by atoms with Gasteiger partial charge in [0.2, 0.25) is 0 Å². The van der Waals surface area contributed by atoms with Crippen molar-refractivity contribution in [2.24, 2.45) is 0 Å². The number of hydrogen-bond donors (Lipinski definition) is 1. The Kier molecular flexibility index (Phi) is 3.68. The lowest BCUT2D eigenvalue weighted by Gasteiger charge is -2.21. The maximum absolute atomic E-state index is 13.7. The first kappa shape index (κ1) is 13.4. The van der Waals surface area contributed by atoms with E-state index in [4.69, 9.17) is 0 Å². The largest absolute Gasteiger partial charge is 0.465 e. The van der Waals surface area contributed by atoms with Crippen molar-refractivity contribution in [2.45, 2.75) is 18.4 Å². The molecule has 1 atom stereocenters. The van der Waals surface area contributed by atoms with Crippen LogP contribution in [0.4, 0.5) is 8.78 Å². The number of methoxy groups -OCH3 is 1. The van der Waals surface area contributed by atoms with Gasteiger partial charge in [-0.25, -0.2) is 13.6 Å². The zero-order valence-electron chi connectivity index (χ0n) is 9.67. The topological polar surface area (TPSA) is 38.3 Å². The lowest BCUT2D eigenvalue weighted by Crippen LogP contribution is -2.27. The molecule has 1 heterocycles. The van der Waals surface area contributed by atoms with Crippen LogP contribution in [0.3, 0.4) is 0 Å². The van der Waals surface area contributed by atoms with Crippen LogP contribution in [0.2, 0.25) is 0 Å². The molecule has 0 radical (unpaired) electrons. The van der Waals surface area contributed by atoms with E-state index < -0.39 is 17.9 Å². The molecule has 0 amide bonds. The highest BCUT2D eigenvalue weighted by Crippen LogP contribution is 2.41. The third-order valence-electron chi connectivity index (χ3n) is 2.96. The van der Waals surface area contributed by atoms with Crippen LogP contribution in [-0.4, -0.2) is 25.5 Å². The Bertz CT molecular complexity index is 479. The monoisotopic (exact) mass is 319 g/mol. The molecule has 0 aliphatic carbocycles. The number of ether oxygens (including phenoxy) is 1. The SMILES string of the molecule is COC(=O)c1ccc(Br)c([C@@H]2NCCC2(F)F)c1. The minimum atomic E-state index is -2.81. The van der Waals surface area contributed by atoms with Crippen LogP contribution in [-0.2, 0) is 4.74 Å². The summed E-state index contributed by atoms with van der Waals surface area (Å²) >= 11 is 3.24. The van der Waals surface area contributed by atoms with Gasteiger partial charge in [0.15, 0.2) is 0 Å². The number of carbonyl (C=O) groups excluding carboxylic acids is 1. The average molecular weight is 320 g/mol. The molecule has 1 aromatic rings. The Morgan fingerprint density at radius 2 is 2.28 bits per heavy atom. The van der Waals surface area contributed by atoms with Crippen molar-refractivity contribution in [1.82, 2.24) is 5.32 Å². The second-order valence-corrected chi connectivity index (χ2v) is 4.98. The van der Waals surface area contributed by atoms with Crippen LogP contribution in [0.5, 0.6) is 0 Å². The van der Waals surface area contributed by atoms with Crippen molar-refractivity contribution in [3.05, 3.63) is 33.8 Å². The summed E-state index contributed by atoms with van der Waals surface area (Å²) in [5, 5.41) is 2.76. The van der Waals surface area contributed by atoms with Gasteiger partial charge in [-0.1, -0.05) is 15.9 Å². The summed E-state index contributed by atoms with van der Waals surface area (Å²) in [5.74, 6) is -3.35. The van der Waals surface area contributed by atoms with Gasteiger partial charge in [-0.15, -0.1) is 0 Å². The first-order chi connectivity index (χ1) is 8.45. The molecular weight excluding hydrogens is 308 g/mol. The lowest BCUT2D eigenvalue weighted by molar-refractivity contribution is -0.0119. The number of benzene rings is 1. The van der Waals surface area contributed by atoms with Crippen molar-refractivity contribution >= 4 is 21.9 Å². The fourth-order valence-corrected chi connectivity index (χ4v) is 2.50. The molecule has 0 saturated carbocycles. The predicted octanol–water partition coefficient (Wildman–Crippen LogP) is 2.91. The quantitative estimate of drug-likeness (QED) is 0.852. The molecule has 0 bridgehead atoms. The van der Waals surface area contributed by atoms with Gasteiger partial charge in [-0.3, -0.25) is 0 Å². The first-order valence-corrected chi connectivity index (χ1v) is 6.24. The van der Waals surface area contributed by atoms with Crippen molar-refractivity contribution in [1.29, 1.82) is 0 Å². The lowest BCUT2D eigenvalue weighted by atomic mass is 10.00. The fourth-order valence-electron chi connectivity index (χ4n) is 2.02. The summed E-state index contributed by atoms with van der Waals surface area (Å²) in [7, 11) is 1.26. The van der Waals surface area contributed by atoms with Crippen molar-refractivity contribution in [2.75, 3.05) is 13.7 Å². The Labute approximate surface area is 112 Å². The van der Waals surface area contributed by atoms with Gasteiger partial charge in [0, 0.05) is 17.4 Å².